The van der Waals surface area contributed by atoms with Crippen molar-refractivity contribution in [3.05, 3.63) is 41.0 Å². The number of unbranched alkanes of at least 4 members (excludes halogenated alkanes) is 1. The Kier molecular flexibility index (Phi) is 13.2. The van der Waals surface area contributed by atoms with E-state index in [0.717, 1.165) is 66.9 Å². The number of amides is 3. The summed E-state index contributed by atoms with van der Waals surface area (Å²) in [6.45, 7) is 11.7. The minimum absolute atomic E-state index is 0.0368. The molecule has 0 bridgehead atoms. The van der Waals surface area contributed by atoms with Gasteiger partial charge in [-0.05, 0) is 68.7 Å². The Bertz CT molecular complexity index is 1400. The van der Waals surface area contributed by atoms with Crippen LogP contribution < -0.4 is 10.6 Å². The number of nitrogens with zero attached hydrogens (tertiary/aromatic N) is 3. The van der Waals surface area contributed by atoms with Gasteiger partial charge in [0, 0.05) is 19.4 Å². The lowest BCUT2D eigenvalue weighted by atomic mass is 9.85. The Morgan fingerprint density at radius 3 is 2.38 bits per heavy atom. The van der Waals surface area contributed by atoms with E-state index in [0.29, 0.717) is 18.9 Å². The molecule has 0 unspecified atom stereocenters. The maximum absolute atomic E-state index is 14.0. The number of nitrogens with one attached hydrogen (secondary N) is 2. The zero-order chi connectivity index (χ0) is 35.0. The van der Waals surface area contributed by atoms with Crippen LogP contribution in [0.5, 0.6) is 0 Å². The van der Waals surface area contributed by atoms with Crippen LogP contribution in [0.15, 0.2) is 29.8 Å². The Balaban J connectivity index is 1.28. The number of β-amino-alcohol motifs (C(OH)–C–C–N with tert-alkyl or cyclic N) is 1. The van der Waals surface area contributed by atoms with Crippen LogP contribution in [-0.2, 0) is 23.9 Å². The average Bonchev–Trinajstić information content (AvgIpc) is 3.67. The zero-order valence-corrected chi connectivity index (χ0v) is 30.1. The second-order valence-corrected chi connectivity index (χ2v) is 15.3. The Labute approximate surface area is 288 Å². The van der Waals surface area contributed by atoms with Gasteiger partial charge in [0.15, 0.2) is 0 Å². The van der Waals surface area contributed by atoms with E-state index < -0.39 is 23.6 Å². The number of aryl methyl sites for hydroxylation is 1. The molecule has 2 aromatic rings. The molecule has 12 heteroatoms. The molecule has 0 saturated carbocycles. The van der Waals surface area contributed by atoms with Gasteiger partial charge in [-0.15, -0.1) is 11.3 Å². The van der Waals surface area contributed by atoms with Crippen LogP contribution in [0, 0.1) is 18.3 Å². The van der Waals surface area contributed by atoms with Crippen LogP contribution in [0.3, 0.4) is 0 Å². The number of hydrogen-bond donors (Lipinski definition) is 3. The third-order valence-corrected chi connectivity index (χ3v) is 10.6. The van der Waals surface area contributed by atoms with Crippen LogP contribution >= 0.6 is 11.3 Å². The summed E-state index contributed by atoms with van der Waals surface area (Å²) in [7, 11) is 1.41. The van der Waals surface area contributed by atoms with E-state index in [1.165, 1.54) is 12.0 Å². The maximum Gasteiger partial charge on any atom is 0.319 e. The molecule has 3 heterocycles. The first-order chi connectivity index (χ1) is 22.8. The fourth-order valence-electron chi connectivity index (χ4n) is 6.65. The minimum Gasteiger partial charge on any atom is -0.468 e. The summed E-state index contributed by atoms with van der Waals surface area (Å²) in [6.07, 6.45) is 4.33. The summed E-state index contributed by atoms with van der Waals surface area (Å²) in [6, 6.07) is 6.00. The highest BCUT2D eigenvalue weighted by molar-refractivity contribution is 7.13. The molecule has 4 rings (SSSR count). The van der Waals surface area contributed by atoms with Crippen molar-refractivity contribution in [3.63, 3.8) is 0 Å². The second-order valence-electron chi connectivity index (χ2n) is 14.4. The van der Waals surface area contributed by atoms with E-state index in [9.17, 15) is 24.3 Å². The fraction of sp³-hybridized carbons (Fsp3) is 0.639. The van der Waals surface area contributed by atoms with Gasteiger partial charge in [-0.3, -0.25) is 24.1 Å². The van der Waals surface area contributed by atoms with Gasteiger partial charge in [-0.25, -0.2) is 4.98 Å². The first-order valence-electron chi connectivity index (χ1n) is 17.1. The number of carbonyl (C=O) groups excluding carboxylic acids is 4. The lowest BCUT2D eigenvalue weighted by Gasteiger charge is -2.35. The SMILES string of the molecule is COC(=O)CN1CCC(CCCCC(=O)N[C@H](C(=O)N2C[C@H](O)C[C@H]2C(=O)N[C@@H](C)c2ccc(-c3scnc3C)cc2)C(C)(C)C)CC1. The standard InChI is InChI=1S/C36H53N5O6S/c1-23(26-11-13-27(14-12-26)32-24(2)37-22-48-32)38-34(45)29-19-28(42)20-41(29)35(46)33(36(3,4)5)39-30(43)10-8-7-9-25-15-17-40(18-16-25)21-31(44)47-6/h11-14,22-23,25,28-29,33,42H,7-10,15-21H2,1-6H3,(H,38,45)(H,39,43)/t23-,28+,29-,33+/m0/s1. The summed E-state index contributed by atoms with van der Waals surface area (Å²) >= 11 is 1.59. The van der Waals surface area contributed by atoms with E-state index in [1.807, 2.05) is 64.4 Å². The molecule has 0 aliphatic carbocycles. The number of rotatable bonds is 13. The number of likely N-dealkylation sites (tertiary alicyclic amines) is 2. The smallest absolute Gasteiger partial charge is 0.319 e. The highest BCUT2D eigenvalue weighted by Crippen LogP contribution is 2.30. The molecule has 0 radical (unpaired) electrons. The van der Waals surface area contributed by atoms with Crippen molar-refractivity contribution in [1.29, 1.82) is 0 Å². The number of aliphatic hydroxyl groups excluding tert-OH is 1. The third kappa shape index (κ3) is 10.1. The monoisotopic (exact) mass is 683 g/mol. The lowest BCUT2D eigenvalue weighted by molar-refractivity contribution is -0.144. The van der Waals surface area contributed by atoms with Crippen molar-refractivity contribution in [1.82, 2.24) is 25.4 Å². The first-order valence-corrected chi connectivity index (χ1v) is 18.0. The predicted molar refractivity (Wildman–Crippen MR) is 186 cm³/mol. The molecule has 2 aliphatic heterocycles. The molecule has 3 N–H and O–H groups in total. The fourth-order valence-corrected chi connectivity index (χ4v) is 7.46. The second kappa shape index (κ2) is 16.8. The quantitative estimate of drug-likeness (QED) is 0.211. The molecule has 1 aromatic carbocycles. The van der Waals surface area contributed by atoms with Gasteiger partial charge in [0.05, 0.1) is 41.9 Å². The number of benzene rings is 1. The van der Waals surface area contributed by atoms with Crippen molar-refractivity contribution in [2.24, 2.45) is 11.3 Å². The largest absolute Gasteiger partial charge is 0.468 e. The van der Waals surface area contributed by atoms with E-state index in [4.69, 9.17) is 4.74 Å². The van der Waals surface area contributed by atoms with Crippen molar-refractivity contribution in [2.75, 3.05) is 33.3 Å². The van der Waals surface area contributed by atoms with E-state index in [-0.39, 0.29) is 42.7 Å². The summed E-state index contributed by atoms with van der Waals surface area (Å²) in [5.74, 6) is -0.512. The van der Waals surface area contributed by atoms with E-state index in [1.54, 1.807) is 11.3 Å². The summed E-state index contributed by atoms with van der Waals surface area (Å²) in [4.78, 5) is 61.1. The van der Waals surface area contributed by atoms with Gasteiger partial charge in [0.1, 0.15) is 12.1 Å². The number of ether oxygens (including phenoxy) is 1. The van der Waals surface area contributed by atoms with E-state index >= 15 is 0 Å². The number of aromatic nitrogens is 1. The summed E-state index contributed by atoms with van der Waals surface area (Å²) in [5, 5.41) is 16.6. The van der Waals surface area contributed by atoms with Crippen LogP contribution in [0.25, 0.3) is 10.4 Å². The number of piperidine rings is 1. The number of esters is 1. The number of thiazole rings is 1. The molecule has 1 aromatic heterocycles. The molecule has 2 saturated heterocycles. The van der Waals surface area contributed by atoms with Crippen LogP contribution in [-0.4, -0.2) is 95.1 Å². The summed E-state index contributed by atoms with van der Waals surface area (Å²) in [5.41, 5.74) is 4.19. The highest BCUT2D eigenvalue weighted by Gasteiger charge is 2.44. The van der Waals surface area contributed by atoms with Gasteiger partial charge in [0.2, 0.25) is 17.7 Å². The number of carbonyl (C=O) groups is 4. The van der Waals surface area contributed by atoms with Gasteiger partial charge in [-0.2, -0.15) is 0 Å². The van der Waals surface area contributed by atoms with Gasteiger partial charge >= 0.3 is 5.97 Å². The zero-order valence-electron chi connectivity index (χ0n) is 29.3. The molecule has 264 valence electrons. The van der Waals surface area contributed by atoms with Crippen molar-refractivity contribution < 1.29 is 29.0 Å². The summed E-state index contributed by atoms with van der Waals surface area (Å²) < 4.78 is 4.77. The normalized spacial score (nSPS) is 20.3. The molecule has 3 amide bonds. The topological polar surface area (TPSA) is 141 Å². The van der Waals surface area contributed by atoms with Gasteiger partial charge in [0.25, 0.3) is 0 Å². The number of methoxy groups -OCH3 is 1. The highest BCUT2D eigenvalue weighted by atomic mass is 32.1. The number of hydrogen-bond acceptors (Lipinski definition) is 9. The first kappa shape index (κ1) is 37.5. The van der Waals surface area contributed by atoms with Crippen LogP contribution in [0.1, 0.15) is 89.9 Å². The Morgan fingerprint density at radius 2 is 1.77 bits per heavy atom. The van der Waals surface area contributed by atoms with Gasteiger partial charge in [-0.1, -0.05) is 57.9 Å². The van der Waals surface area contributed by atoms with Gasteiger partial charge < -0.3 is 25.4 Å². The average molecular weight is 684 g/mol. The van der Waals surface area contributed by atoms with Crippen LogP contribution in [0.4, 0.5) is 0 Å². The Morgan fingerprint density at radius 1 is 1.08 bits per heavy atom. The maximum atomic E-state index is 14.0. The molecule has 2 aliphatic rings. The lowest BCUT2D eigenvalue weighted by Crippen LogP contribution is -2.57. The number of aliphatic hydroxyl groups is 1. The Hall–Kier alpha value is -3.35. The van der Waals surface area contributed by atoms with Crippen molar-refractivity contribution >= 4 is 35.0 Å². The molecule has 2 fully saturated rings. The van der Waals surface area contributed by atoms with E-state index in [2.05, 4.69) is 20.5 Å². The van der Waals surface area contributed by atoms with Crippen LogP contribution in [0.2, 0.25) is 0 Å². The van der Waals surface area contributed by atoms with Crippen molar-refractivity contribution in [3.8, 4) is 10.4 Å². The minimum atomic E-state index is -0.843. The molecule has 0 spiro atoms. The predicted octanol–water partition coefficient (Wildman–Crippen LogP) is 4.23. The van der Waals surface area contributed by atoms with Crippen molar-refractivity contribution in [2.45, 2.75) is 104 Å². The third-order valence-electron chi connectivity index (χ3n) is 9.61. The molecule has 11 nitrogen and oxygen atoms in total. The molecular weight excluding hydrogens is 630 g/mol. The molecule has 4 atom stereocenters. The molecule has 48 heavy (non-hydrogen) atoms. The molecular formula is C36H53N5O6S.